The molecule has 1 unspecified atom stereocenters. The van der Waals surface area contributed by atoms with Crippen LogP contribution in [0.3, 0.4) is 0 Å². The smallest absolute Gasteiger partial charge is 0.272 e. The van der Waals surface area contributed by atoms with Crippen molar-refractivity contribution in [3.8, 4) is 5.75 Å². The van der Waals surface area contributed by atoms with Crippen LogP contribution in [0.5, 0.6) is 5.75 Å². The molecule has 0 spiro atoms. The highest BCUT2D eigenvalue weighted by Gasteiger charge is 2.22. The minimum Gasteiger partial charge on any atom is -0.491 e. The van der Waals surface area contributed by atoms with Crippen molar-refractivity contribution in [3.63, 3.8) is 0 Å². The lowest BCUT2D eigenvalue weighted by molar-refractivity contribution is 0.0839. The van der Waals surface area contributed by atoms with Crippen LogP contribution in [0.4, 0.5) is 0 Å². The van der Waals surface area contributed by atoms with Crippen LogP contribution in [0.2, 0.25) is 5.02 Å². The summed E-state index contributed by atoms with van der Waals surface area (Å²) in [5, 5.41) is 20.5. The summed E-state index contributed by atoms with van der Waals surface area (Å²) in [4.78, 5) is 12.3. The Balaban J connectivity index is 1.48. The first-order valence-electron chi connectivity index (χ1n) is 8.46. The first kappa shape index (κ1) is 17.8. The zero-order valence-electron chi connectivity index (χ0n) is 14.1. The number of fused-ring (bicyclic) bond motifs is 1. The van der Waals surface area contributed by atoms with Crippen LogP contribution >= 0.6 is 11.6 Å². The molecule has 1 aromatic heterocycles. The molecule has 1 aliphatic rings. The fourth-order valence-electron chi connectivity index (χ4n) is 2.92. The molecule has 0 saturated carbocycles. The molecule has 0 radical (unpaired) electrons. The summed E-state index contributed by atoms with van der Waals surface area (Å²) in [5.74, 6) is 0.370. The summed E-state index contributed by atoms with van der Waals surface area (Å²) < 4.78 is 5.54. The number of aliphatic hydroxyl groups excluding tert-OH is 1. The molecular weight excluding hydrogens is 342 g/mol. The quantitative estimate of drug-likeness (QED) is 0.735. The van der Waals surface area contributed by atoms with E-state index in [9.17, 15) is 9.90 Å². The third-order valence-electron chi connectivity index (χ3n) is 4.34. The first-order valence-corrected chi connectivity index (χ1v) is 8.83. The van der Waals surface area contributed by atoms with Gasteiger partial charge in [-0.05, 0) is 56.4 Å². The Labute approximate surface area is 151 Å². The highest BCUT2D eigenvalue weighted by Crippen LogP contribution is 2.22. The second-order valence-corrected chi connectivity index (χ2v) is 6.73. The van der Waals surface area contributed by atoms with Crippen molar-refractivity contribution in [2.45, 2.75) is 38.7 Å². The number of carbonyl (C=O) groups excluding carboxylic acids is 1. The molecule has 25 heavy (non-hydrogen) atoms. The summed E-state index contributed by atoms with van der Waals surface area (Å²) in [5.41, 5.74) is 3.41. The standard InChI is InChI=1S/C18H22ClN3O3/c1-11-8-13(6-7-15(11)19)25-10-12(23)9-20-18(24)17-14-4-2-3-5-16(14)21-22-17/h6-8,12,23H,2-5,9-10H2,1H3,(H,20,24)(H,21,22). The SMILES string of the molecule is Cc1cc(OCC(O)CNC(=O)c2n[nH]c3c2CCCC3)ccc1Cl. The Kier molecular flexibility index (Phi) is 5.60. The maximum atomic E-state index is 12.3. The molecule has 1 atom stereocenters. The minimum atomic E-state index is -0.810. The lowest BCUT2D eigenvalue weighted by atomic mass is 9.96. The molecule has 0 aliphatic heterocycles. The van der Waals surface area contributed by atoms with Gasteiger partial charge in [-0.2, -0.15) is 5.10 Å². The van der Waals surface area contributed by atoms with Crippen LogP contribution in [0.25, 0.3) is 0 Å². The van der Waals surface area contributed by atoms with E-state index in [4.69, 9.17) is 16.3 Å². The Bertz CT molecular complexity index is 760. The summed E-state index contributed by atoms with van der Waals surface area (Å²) in [6.45, 7) is 2.07. The number of nitrogens with zero attached hydrogens (tertiary/aromatic N) is 1. The van der Waals surface area contributed by atoms with Crippen molar-refractivity contribution in [2.75, 3.05) is 13.2 Å². The second-order valence-electron chi connectivity index (χ2n) is 6.32. The molecule has 0 bridgehead atoms. The molecule has 6 nitrogen and oxygen atoms in total. The molecule has 2 aromatic rings. The number of carbonyl (C=O) groups is 1. The predicted octanol–water partition coefficient (Wildman–Crippen LogP) is 2.42. The molecule has 1 aromatic carbocycles. The minimum absolute atomic E-state index is 0.0834. The van der Waals surface area contributed by atoms with Gasteiger partial charge in [0.1, 0.15) is 18.5 Å². The van der Waals surface area contributed by atoms with Crippen LogP contribution < -0.4 is 10.1 Å². The van der Waals surface area contributed by atoms with Crippen LogP contribution in [-0.4, -0.2) is 40.5 Å². The van der Waals surface area contributed by atoms with E-state index in [2.05, 4.69) is 15.5 Å². The van der Waals surface area contributed by atoms with Gasteiger partial charge in [-0.3, -0.25) is 9.89 Å². The number of aromatic amines is 1. The average Bonchev–Trinajstić information content (AvgIpc) is 3.05. The average molecular weight is 364 g/mol. The van der Waals surface area contributed by atoms with Crippen molar-refractivity contribution < 1.29 is 14.6 Å². The Morgan fingerprint density at radius 2 is 2.24 bits per heavy atom. The van der Waals surface area contributed by atoms with Gasteiger partial charge in [-0.1, -0.05) is 11.6 Å². The number of aryl methyl sites for hydroxylation is 2. The molecule has 1 heterocycles. The van der Waals surface area contributed by atoms with Crippen LogP contribution in [0.15, 0.2) is 18.2 Å². The van der Waals surface area contributed by atoms with Gasteiger partial charge in [0.15, 0.2) is 5.69 Å². The highest BCUT2D eigenvalue weighted by atomic mass is 35.5. The van der Waals surface area contributed by atoms with Crippen LogP contribution in [0.1, 0.15) is 40.2 Å². The van der Waals surface area contributed by atoms with E-state index in [0.717, 1.165) is 42.5 Å². The molecule has 7 heteroatoms. The molecule has 134 valence electrons. The molecule has 1 amide bonds. The van der Waals surface area contributed by atoms with Crippen molar-refractivity contribution in [1.82, 2.24) is 15.5 Å². The maximum Gasteiger partial charge on any atom is 0.272 e. The summed E-state index contributed by atoms with van der Waals surface area (Å²) in [7, 11) is 0. The largest absolute Gasteiger partial charge is 0.491 e. The molecule has 3 rings (SSSR count). The third kappa shape index (κ3) is 4.32. The number of rotatable bonds is 6. The highest BCUT2D eigenvalue weighted by molar-refractivity contribution is 6.31. The maximum absolute atomic E-state index is 12.3. The van der Waals surface area contributed by atoms with Gasteiger partial charge in [0.05, 0.1) is 0 Å². The topological polar surface area (TPSA) is 87.2 Å². The predicted molar refractivity (Wildman–Crippen MR) is 95.3 cm³/mol. The van der Waals surface area contributed by atoms with E-state index < -0.39 is 6.10 Å². The van der Waals surface area contributed by atoms with Crippen molar-refractivity contribution in [3.05, 3.63) is 45.7 Å². The lowest BCUT2D eigenvalue weighted by Crippen LogP contribution is -2.35. The van der Waals surface area contributed by atoms with Gasteiger partial charge in [0, 0.05) is 22.8 Å². The van der Waals surface area contributed by atoms with Crippen molar-refractivity contribution in [2.24, 2.45) is 0 Å². The normalized spacial score (nSPS) is 14.7. The van der Waals surface area contributed by atoms with E-state index in [0.29, 0.717) is 16.5 Å². The fourth-order valence-corrected chi connectivity index (χ4v) is 3.04. The Morgan fingerprint density at radius 3 is 3.04 bits per heavy atom. The summed E-state index contributed by atoms with van der Waals surface area (Å²) in [6.07, 6.45) is 3.19. The van der Waals surface area contributed by atoms with Gasteiger partial charge < -0.3 is 15.2 Å². The van der Waals surface area contributed by atoms with Gasteiger partial charge in [0.25, 0.3) is 5.91 Å². The molecule has 0 saturated heterocycles. The van der Waals surface area contributed by atoms with Gasteiger partial charge in [-0.15, -0.1) is 0 Å². The van der Waals surface area contributed by atoms with E-state index in [1.807, 2.05) is 13.0 Å². The number of halogens is 1. The number of hydrogen-bond acceptors (Lipinski definition) is 4. The van der Waals surface area contributed by atoms with E-state index in [1.165, 1.54) is 0 Å². The number of benzene rings is 1. The molecular formula is C18H22ClN3O3. The van der Waals surface area contributed by atoms with Crippen LogP contribution in [-0.2, 0) is 12.8 Å². The van der Waals surface area contributed by atoms with Crippen molar-refractivity contribution >= 4 is 17.5 Å². The third-order valence-corrected chi connectivity index (χ3v) is 4.77. The fraction of sp³-hybridized carbons (Fsp3) is 0.444. The van der Waals surface area contributed by atoms with Crippen molar-refractivity contribution in [1.29, 1.82) is 0 Å². The van der Waals surface area contributed by atoms with E-state index in [-0.39, 0.29) is 19.1 Å². The number of aliphatic hydroxyl groups is 1. The number of aromatic nitrogens is 2. The molecule has 0 fully saturated rings. The van der Waals surface area contributed by atoms with E-state index >= 15 is 0 Å². The van der Waals surface area contributed by atoms with Gasteiger partial charge in [-0.25, -0.2) is 0 Å². The zero-order valence-corrected chi connectivity index (χ0v) is 14.9. The second kappa shape index (κ2) is 7.89. The number of ether oxygens (including phenoxy) is 1. The van der Waals surface area contributed by atoms with Crippen LogP contribution in [0, 0.1) is 6.92 Å². The first-order chi connectivity index (χ1) is 12.0. The lowest BCUT2D eigenvalue weighted by Gasteiger charge is -2.14. The number of hydrogen-bond donors (Lipinski definition) is 3. The van der Waals surface area contributed by atoms with Gasteiger partial charge in [0.2, 0.25) is 0 Å². The number of amides is 1. The number of nitrogens with one attached hydrogen (secondary N) is 2. The van der Waals surface area contributed by atoms with Gasteiger partial charge >= 0.3 is 0 Å². The molecule has 3 N–H and O–H groups in total. The summed E-state index contributed by atoms with van der Waals surface area (Å²) >= 11 is 5.97. The Hall–Kier alpha value is -2.05. The monoisotopic (exact) mass is 363 g/mol. The summed E-state index contributed by atoms with van der Waals surface area (Å²) in [6, 6.07) is 5.31. The number of H-pyrrole nitrogens is 1. The Morgan fingerprint density at radius 1 is 1.44 bits per heavy atom. The zero-order chi connectivity index (χ0) is 17.8. The molecule has 1 aliphatic carbocycles. The van der Waals surface area contributed by atoms with E-state index in [1.54, 1.807) is 12.1 Å².